The van der Waals surface area contributed by atoms with Crippen LogP contribution in [0, 0.1) is 13.8 Å². The zero-order chi connectivity index (χ0) is 20.4. The molecule has 1 amide bonds. The van der Waals surface area contributed by atoms with Crippen molar-refractivity contribution in [3.05, 3.63) is 72.1 Å². The lowest BCUT2D eigenvalue weighted by molar-refractivity contribution is -0.116. The van der Waals surface area contributed by atoms with E-state index in [0.29, 0.717) is 11.3 Å². The van der Waals surface area contributed by atoms with Crippen LogP contribution >= 0.6 is 0 Å². The van der Waals surface area contributed by atoms with Crippen molar-refractivity contribution in [1.29, 1.82) is 0 Å². The number of fused-ring (bicyclic) bond motifs is 1. The van der Waals surface area contributed by atoms with E-state index in [1.54, 1.807) is 42.3 Å². The van der Waals surface area contributed by atoms with Gasteiger partial charge in [-0.2, -0.15) is 5.10 Å². The summed E-state index contributed by atoms with van der Waals surface area (Å²) in [6, 6.07) is 17.6. The Hall–Kier alpha value is -3.67. The number of nitrogens with one attached hydrogen (secondary N) is 1. The van der Waals surface area contributed by atoms with Gasteiger partial charge in [0.2, 0.25) is 5.91 Å². The Morgan fingerprint density at radius 1 is 1.03 bits per heavy atom. The van der Waals surface area contributed by atoms with Crippen LogP contribution in [0.3, 0.4) is 0 Å². The predicted molar refractivity (Wildman–Crippen MR) is 114 cm³/mol. The SMILES string of the molecule is COc1ccc(NC(=O)Cn2nc(C)c3c(-c4ccc(C)cc4)ccnc32)cc1. The summed E-state index contributed by atoms with van der Waals surface area (Å²) in [6.07, 6.45) is 1.76. The molecule has 1 N–H and O–H groups in total. The van der Waals surface area contributed by atoms with Gasteiger partial charge >= 0.3 is 0 Å². The number of hydrogen-bond donors (Lipinski definition) is 1. The van der Waals surface area contributed by atoms with E-state index in [1.165, 1.54) is 5.56 Å². The van der Waals surface area contributed by atoms with Gasteiger partial charge in [0.05, 0.1) is 12.8 Å². The maximum atomic E-state index is 12.6. The van der Waals surface area contributed by atoms with E-state index in [0.717, 1.165) is 28.0 Å². The number of hydrogen-bond acceptors (Lipinski definition) is 4. The number of carbonyl (C=O) groups excluding carboxylic acids is 1. The normalized spacial score (nSPS) is 10.9. The summed E-state index contributed by atoms with van der Waals surface area (Å²) in [5.41, 5.74) is 5.63. The first-order valence-corrected chi connectivity index (χ1v) is 9.38. The number of carbonyl (C=O) groups is 1. The number of amides is 1. The highest BCUT2D eigenvalue weighted by Crippen LogP contribution is 2.30. The molecule has 0 aliphatic carbocycles. The summed E-state index contributed by atoms with van der Waals surface area (Å²) in [5, 5.41) is 8.43. The second kappa shape index (κ2) is 7.75. The minimum Gasteiger partial charge on any atom is -0.497 e. The number of benzene rings is 2. The minimum absolute atomic E-state index is 0.0840. The van der Waals surface area contributed by atoms with Crippen LogP contribution in [0.5, 0.6) is 5.75 Å². The Bertz CT molecular complexity index is 1160. The fourth-order valence-corrected chi connectivity index (χ4v) is 3.38. The first kappa shape index (κ1) is 18.7. The fourth-order valence-electron chi connectivity index (χ4n) is 3.38. The third-order valence-corrected chi connectivity index (χ3v) is 4.84. The van der Waals surface area contributed by atoms with Gasteiger partial charge in [-0.05, 0) is 55.3 Å². The molecule has 4 aromatic rings. The molecule has 0 unspecified atom stereocenters. The van der Waals surface area contributed by atoms with Crippen molar-refractivity contribution in [2.45, 2.75) is 20.4 Å². The van der Waals surface area contributed by atoms with Crippen molar-refractivity contribution in [1.82, 2.24) is 14.8 Å². The number of aryl methyl sites for hydroxylation is 2. The molecule has 0 saturated carbocycles. The molecule has 0 atom stereocenters. The lowest BCUT2D eigenvalue weighted by Gasteiger charge is -2.08. The number of pyridine rings is 1. The molecular weight excluding hydrogens is 364 g/mol. The van der Waals surface area contributed by atoms with E-state index in [2.05, 4.69) is 46.6 Å². The van der Waals surface area contributed by atoms with Crippen LogP contribution in [-0.4, -0.2) is 27.8 Å². The van der Waals surface area contributed by atoms with Crippen molar-refractivity contribution in [3.63, 3.8) is 0 Å². The molecule has 0 aliphatic rings. The number of anilines is 1. The molecule has 0 aliphatic heterocycles. The molecule has 2 aromatic carbocycles. The molecule has 0 spiro atoms. The van der Waals surface area contributed by atoms with Gasteiger partial charge in [0.1, 0.15) is 12.3 Å². The van der Waals surface area contributed by atoms with Crippen LogP contribution in [0.15, 0.2) is 60.8 Å². The maximum absolute atomic E-state index is 12.6. The van der Waals surface area contributed by atoms with Crippen molar-refractivity contribution in [2.24, 2.45) is 0 Å². The Balaban J connectivity index is 1.62. The average Bonchev–Trinajstić information content (AvgIpc) is 3.04. The van der Waals surface area contributed by atoms with Gasteiger partial charge in [-0.25, -0.2) is 9.67 Å². The van der Waals surface area contributed by atoms with E-state index in [1.807, 2.05) is 13.0 Å². The van der Waals surface area contributed by atoms with Crippen LogP contribution in [-0.2, 0) is 11.3 Å². The number of rotatable bonds is 5. The first-order chi connectivity index (χ1) is 14.0. The second-order valence-corrected chi connectivity index (χ2v) is 6.94. The highest BCUT2D eigenvalue weighted by Gasteiger charge is 2.16. The Morgan fingerprint density at radius 2 is 1.76 bits per heavy atom. The molecule has 0 saturated heterocycles. The summed E-state index contributed by atoms with van der Waals surface area (Å²) in [4.78, 5) is 17.0. The summed E-state index contributed by atoms with van der Waals surface area (Å²) < 4.78 is 6.79. The van der Waals surface area contributed by atoms with E-state index in [4.69, 9.17) is 4.74 Å². The average molecular weight is 386 g/mol. The van der Waals surface area contributed by atoms with E-state index in [-0.39, 0.29) is 12.5 Å². The van der Waals surface area contributed by atoms with Gasteiger partial charge < -0.3 is 10.1 Å². The smallest absolute Gasteiger partial charge is 0.246 e. The molecule has 0 radical (unpaired) electrons. The van der Waals surface area contributed by atoms with E-state index < -0.39 is 0 Å². The van der Waals surface area contributed by atoms with Crippen LogP contribution in [0.4, 0.5) is 5.69 Å². The van der Waals surface area contributed by atoms with Gasteiger partial charge in [-0.3, -0.25) is 4.79 Å². The van der Waals surface area contributed by atoms with Gasteiger partial charge in [0.15, 0.2) is 5.65 Å². The van der Waals surface area contributed by atoms with Crippen LogP contribution < -0.4 is 10.1 Å². The molecule has 0 bridgehead atoms. The summed E-state index contributed by atoms with van der Waals surface area (Å²) >= 11 is 0. The second-order valence-electron chi connectivity index (χ2n) is 6.94. The number of methoxy groups -OCH3 is 1. The third kappa shape index (κ3) is 3.82. The fraction of sp³-hybridized carbons (Fsp3) is 0.174. The van der Waals surface area contributed by atoms with Gasteiger partial charge in [0, 0.05) is 17.3 Å². The van der Waals surface area contributed by atoms with Gasteiger partial charge in [-0.1, -0.05) is 29.8 Å². The summed E-state index contributed by atoms with van der Waals surface area (Å²) in [5.74, 6) is 0.576. The van der Waals surface area contributed by atoms with Crippen LogP contribution in [0.1, 0.15) is 11.3 Å². The minimum atomic E-state index is -0.165. The highest BCUT2D eigenvalue weighted by atomic mass is 16.5. The monoisotopic (exact) mass is 386 g/mol. The molecule has 6 nitrogen and oxygen atoms in total. The van der Waals surface area contributed by atoms with Crippen molar-refractivity contribution < 1.29 is 9.53 Å². The van der Waals surface area contributed by atoms with Crippen molar-refractivity contribution >= 4 is 22.6 Å². The zero-order valence-corrected chi connectivity index (χ0v) is 16.6. The number of ether oxygens (including phenoxy) is 1. The van der Waals surface area contributed by atoms with E-state index in [9.17, 15) is 4.79 Å². The zero-order valence-electron chi connectivity index (χ0n) is 16.6. The standard InChI is InChI=1S/C23H22N4O2/c1-15-4-6-17(7-5-15)20-12-13-24-23-22(20)16(2)26-27(23)14-21(28)25-18-8-10-19(29-3)11-9-18/h4-13H,14H2,1-3H3,(H,25,28). The molecule has 29 heavy (non-hydrogen) atoms. The van der Waals surface area contributed by atoms with Gasteiger partial charge in [0.25, 0.3) is 0 Å². The predicted octanol–water partition coefficient (Wildman–Crippen LogP) is 4.36. The Labute approximate surface area is 169 Å². The van der Waals surface area contributed by atoms with Crippen molar-refractivity contribution in [3.8, 4) is 16.9 Å². The highest BCUT2D eigenvalue weighted by molar-refractivity contribution is 5.96. The van der Waals surface area contributed by atoms with Crippen molar-refractivity contribution in [2.75, 3.05) is 12.4 Å². The number of nitrogens with zero attached hydrogens (tertiary/aromatic N) is 3. The van der Waals surface area contributed by atoms with Crippen LogP contribution in [0.2, 0.25) is 0 Å². The molecule has 2 heterocycles. The molecule has 146 valence electrons. The third-order valence-electron chi connectivity index (χ3n) is 4.84. The molecule has 4 rings (SSSR count). The topological polar surface area (TPSA) is 69.0 Å². The summed E-state index contributed by atoms with van der Waals surface area (Å²) in [6.45, 7) is 4.09. The quantitative estimate of drug-likeness (QED) is 0.553. The molecular formula is C23H22N4O2. The summed E-state index contributed by atoms with van der Waals surface area (Å²) in [7, 11) is 1.61. The largest absolute Gasteiger partial charge is 0.497 e. The molecule has 2 aromatic heterocycles. The Morgan fingerprint density at radius 3 is 2.45 bits per heavy atom. The lowest BCUT2D eigenvalue weighted by atomic mass is 10.0. The van der Waals surface area contributed by atoms with E-state index >= 15 is 0 Å². The lowest BCUT2D eigenvalue weighted by Crippen LogP contribution is -2.19. The number of aromatic nitrogens is 3. The van der Waals surface area contributed by atoms with Crippen LogP contribution in [0.25, 0.3) is 22.2 Å². The molecule has 0 fully saturated rings. The Kier molecular flexibility index (Phi) is 4.99. The first-order valence-electron chi connectivity index (χ1n) is 9.38. The molecule has 6 heteroatoms. The van der Waals surface area contributed by atoms with Gasteiger partial charge in [-0.15, -0.1) is 0 Å². The maximum Gasteiger partial charge on any atom is 0.246 e.